The van der Waals surface area contributed by atoms with Gasteiger partial charge >= 0.3 is 0 Å². The van der Waals surface area contributed by atoms with Crippen molar-refractivity contribution in [2.45, 2.75) is 6.42 Å². The molecule has 0 atom stereocenters. The molecule has 148 valence electrons. The lowest BCUT2D eigenvalue weighted by molar-refractivity contribution is -0.121. The second kappa shape index (κ2) is 9.52. The zero-order valence-electron chi connectivity index (χ0n) is 15.6. The molecule has 7 nitrogen and oxygen atoms in total. The van der Waals surface area contributed by atoms with Gasteiger partial charge in [-0.1, -0.05) is 30.3 Å². The summed E-state index contributed by atoms with van der Waals surface area (Å²) in [5.74, 6) is -0.508. The number of ether oxygens (including phenoxy) is 1. The summed E-state index contributed by atoms with van der Waals surface area (Å²) in [5, 5.41) is 4.52. The molecule has 0 radical (unpaired) electrons. The molecule has 0 saturated heterocycles. The van der Waals surface area contributed by atoms with Gasteiger partial charge in [-0.05, 0) is 41.3 Å². The van der Waals surface area contributed by atoms with E-state index in [1.54, 1.807) is 73.2 Å². The second-order valence-corrected chi connectivity index (χ2v) is 6.95. The van der Waals surface area contributed by atoms with Crippen molar-refractivity contribution in [2.75, 3.05) is 12.4 Å². The minimum Gasteiger partial charge on any atom is -0.497 e. The van der Waals surface area contributed by atoms with Crippen molar-refractivity contribution in [2.24, 2.45) is 0 Å². The number of hydrogen-bond acceptors (Lipinski definition) is 5. The van der Waals surface area contributed by atoms with Crippen LogP contribution in [0.5, 0.6) is 5.75 Å². The normalized spacial score (nSPS) is 10.1. The smallest absolute Gasteiger partial charge is 0.271 e. The summed E-state index contributed by atoms with van der Waals surface area (Å²) in [6.07, 6.45) is 0.0982. The maximum absolute atomic E-state index is 12.5. The number of nitrogens with one attached hydrogen (secondary N) is 3. The van der Waals surface area contributed by atoms with Crippen LogP contribution in [0.3, 0.4) is 0 Å². The lowest BCUT2D eigenvalue weighted by atomic mass is 10.1. The van der Waals surface area contributed by atoms with Crippen LogP contribution in [0, 0.1) is 0 Å². The van der Waals surface area contributed by atoms with Crippen molar-refractivity contribution < 1.29 is 19.1 Å². The van der Waals surface area contributed by atoms with E-state index in [0.717, 1.165) is 5.56 Å². The van der Waals surface area contributed by atoms with Crippen LogP contribution < -0.4 is 20.9 Å². The van der Waals surface area contributed by atoms with Crippen molar-refractivity contribution in [1.29, 1.82) is 0 Å². The number of hydrazine groups is 1. The van der Waals surface area contributed by atoms with E-state index in [4.69, 9.17) is 4.74 Å². The van der Waals surface area contributed by atoms with Gasteiger partial charge in [0.1, 0.15) is 5.75 Å². The lowest BCUT2D eigenvalue weighted by Crippen LogP contribution is -2.42. The first-order chi connectivity index (χ1) is 14.1. The van der Waals surface area contributed by atoms with Crippen molar-refractivity contribution in [3.63, 3.8) is 0 Å². The molecule has 1 aromatic heterocycles. The number of para-hydroxylation sites is 1. The van der Waals surface area contributed by atoms with Gasteiger partial charge in [-0.2, -0.15) is 0 Å². The Labute approximate surface area is 171 Å². The minimum atomic E-state index is -0.532. The summed E-state index contributed by atoms with van der Waals surface area (Å²) in [6.45, 7) is 0. The highest BCUT2D eigenvalue weighted by Gasteiger charge is 2.15. The summed E-state index contributed by atoms with van der Waals surface area (Å²) in [6, 6.07) is 17.1. The molecule has 0 bridgehead atoms. The Bertz CT molecular complexity index is 1000. The first kappa shape index (κ1) is 20.1. The molecule has 0 spiro atoms. The van der Waals surface area contributed by atoms with E-state index in [1.165, 1.54) is 11.3 Å². The number of rotatable bonds is 6. The molecule has 29 heavy (non-hydrogen) atoms. The fourth-order valence-electron chi connectivity index (χ4n) is 2.55. The number of amides is 3. The summed E-state index contributed by atoms with van der Waals surface area (Å²) >= 11 is 1.30. The van der Waals surface area contributed by atoms with E-state index in [0.29, 0.717) is 16.3 Å². The predicted octanol–water partition coefficient (Wildman–Crippen LogP) is 3.01. The van der Waals surface area contributed by atoms with E-state index in [-0.39, 0.29) is 23.8 Å². The van der Waals surface area contributed by atoms with Gasteiger partial charge in [0, 0.05) is 0 Å². The van der Waals surface area contributed by atoms with Crippen LogP contribution in [0.15, 0.2) is 66.0 Å². The number of methoxy groups -OCH3 is 1. The first-order valence-corrected chi connectivity index (χ1v) is 9.61. The van der Waals surface area contributed by atoms with Crippen molar-refractivity contribution in [1.82, 2.24) is 10.9 Å². The molecule has 0 fully saturated rings. The van der Waals surface area contributed by atoms with Crippen LogP contribution in [0.25, 0.3) is 0 Å². The van der Waals surface area contributed by atoms with E-state index in [1.807, 2.05) is 0 Å². The van der Waals surface area contributed by atoms with E-state index < -0.39 is 5.91 Å². The number of benzene rings is 2. The molecule has 0 unspecified atom stereocenters. The van der Waals surface area contributed by atoms with E-state index in [2.05, 4.69) is 16.2 Å². The number of anilines is 1. The Hall–Kier alpha value is -3.65. The molecule has 0 aliphatic carbocycles. The number of thiophene rings is 1. The maximum Gasteiger partial charge on any atom is 0.271 e. The molecular formula is C21H19N3O4S. The molecule has 3 aromatic rings. The van der Waals surface area contributed by atoms with Gasteiger partial charge in [-0.15, -0.1) is 11.3 Å². The van der Waals surface area contributed by atoms with Gasteiger partial charge in [0.05, 0.1) is 29.7 Å². The third-order valence-corrected chi connectivity index (χ3v) is 4.87. The van der Waals surface area contributed by atoms with Gasteiger partial charge < -0.3 is 10.1 Å². The molecule has 0 aliphatic rings. The number of carbonyl (C=O) groups excluding carboxylic acids is 3. The molecule has 3 N–H and O–H groups in total. The first-order valence-electron chi connectivity index (χ1n) is 8.73. The van der Waals surface area contributed by atoms with Crippen molar-refractivity contribution >= 4 is 34.7 Å². The maximum atomic E-state index is 12.5. The zero-order chi connectivity index (χ0) is 20.6. The highest BCUT2D eigenvalue weighted by atomic mass is 32.1. The van der Waals surface area contributed by atoms with Gasteiger partial charge in [0.15, 0.2) is 0 Å². The van der Waals surface area contributed by atoms with Gasteiger partial charge in [0.2, 0.25) is 5.91 Å². The predicted molar refractivity (Wildman–Crippen MR) is 111 cm³/mol. The summed E-state index contributed by atoms with van der Waals surface area (Å²) in [7, 11) is 1.57. The van der Waals surface area contributed by atoms with Crippen LogP contribution in [-0.4, -0.2) is 24.8 Å². The van der Waals surface area contributed by atoms with Crippen LogP contribution in [0.4, 0.5) is 5.69 Å². The Balaban J connectivity index is 1.58. The van der Waals surface area contributed by atoms with Gasteiger partial charge in [0.25, 0.3) is 11.8 Å². The Kier molecular flexibility index (Phi) is 6.59. The molecule has 0 saturated carbocycles. The third-order valence-electron chi connectivity index (χ3n) is 4.00. The summed E-state index contributed by atoms with van der Waals surface area (Å²) in [5.41, 5.74) is 6.14. The fraction of sp³-hybridized carbons (Fsp3) is 0.0952. The average Bonchev–Trinajstić information content (AvgIpc) is 3.28. The largest absolute Gasteiger partial charge is 0.497 e. The SMILES string of the molecule is COc1ccc(CC(=O)NNC(=O)c2ccccc2NC(=O)c2cccs2)cc1. The van der Waals surface area contributed by atoms with Crippen LogP contribution in [0.1, 0.15) is 25.6 Å². The average molecular weight is 409 g/mol. The highest BCUT2D eigenvalue weighted by Crippen LogP contribution is 2.18. The van der Waals surface area contributed by atoms with Crippen LogP contribution in [0.2, 0.25) is 0 Å². The number of carbonyl (C=O) groups is 3. The van der Waals surface area contributed by atoms with Crippen LogP contribution in [-0.2, 0) is 11.2 Å². The number of hydrogen-bond donors (Lipinski definition) is 3. The zero-order valence-corrected chi connectivity index (χ0v) is 16.4. The summed E-state index contributed by atoms with van der Waals surface area (Å²) in [4.78, 5) is 37.4. The second-order valence-electron chi connectivity index (χ2n) is 6.00. The molecule has 8 heteroatoms. The quantitative estimate of drug-likeness (QED) is 0.545. The molecule has 1 heterocycles. The Morgan fingerprint density at radius 3 is 2.34 bits per heavy atom. The molecule has 3 amide bonds. The third kappa shape index (κ3) is 5.43. The molecule has 0 aliphatic heterocycles. The molecule has 2 aromatic carbocycles. The monoisotopic (exact) mass is 409 g/mol. The van der Waals surface area contributed by atoms with E-state index in [9.17, 15) is 14.4 Å². The van der Waals surface area contributed by atoms with Crippen molar-refractivity contribution in [3.05, 3.63) is 82.0 Å². The fourth-order valence-corrected chi connectivity index (χ4v) is 3.17. The molecular weight excluding hydrogens is 390 g/mol. The standard InChI is InChI=1S/C21H19N3O4S/c1-28-15-10-8-14(9-11-15)13-19(25)23-24-20(26)16-5-2-3-6-17(16)22-21(27)18-7-4-12-29-18/h2-12H,13H2,1H3,(H,22,27)(H,23,25)(H,24,26). The highest BCUT2D eigenvalue weighted by molar-refractivity contribution is 7.12. The topological polar surface area (TPSA) is 96.5 Å². The summed E-state index contributed by atoms with van der Waals surface area (Å²) < 4.78 is 5.08. The van der Waals surface area contributed by atoms with E-state index >= 15 is 0 Å². The molecule has 3 rings (SSSR count). The Morgan fingerprint density at radius 1 is 0.897 bits per heavy atom. The van der Waals surface area contributed by atoms with Gasteiger partial charge in [-0.3, -0.25) is 25.2 Å². The lowest BCUT2D eigenvalue weighted by Gasteiger charge is -2.12. The van der Waals surface area contributed by atoms with Crippen LogP contribution >= 0.6 is 11.3 Å². The Morgan fingerprint density at radius 2 is 1.66 bits per heavy atom. The van der Waals surface area contributed by atoms with Crippen molar-refractivity contribution in [3.8, 4) is 5.75 Å². The van der Waals surface area contributed by atoms with Gasteiger partial charge in [-0.25, -0.2) is 0 Å². The minimum absolute atomic E-state index is 0.0982.